The molecule has 0 aliphatic carbocycles. The summed E-state index contributed by atoms with van der Waals surface area (Å²) in [6.45, 7) is 4.59. The number of nitrogens with zero attached hydrogens (tertiary/aromatic N) is 2. The number of carbonyl (C=O) groups is 3. The Bertz CT molecular complexity index is 851. The van der Waals surface area contributed by atoms with Gasteiger partial charge >= 0.3 is 18.1 Å². The van der Waals surface area contributed by atoms with Crippen LogP contribution >= 0.6 is 11.6 Å². The summed E-state index contributed by atoms with van der Waals surface area (Å²) in [5, 5.41) is 5.94. The van der Waals surface area contributed by atoms with Crippen LogP contribution in [0.5, 0.6) is 0 Å². The lowest BCUT2D eigenvalue weighted by atomic mass is 9.95. The Morgan fingerprint density at radius 1 is 1.20 bits per heavy atom. The lowest BCUT2D eigenvalue weighted by Gasteiger charge is -2.36. The third kappa shape index (κ3) is 4.85. The standard InChI is InChI=1S/C20H25ClN4O5/c1-3-30-20(28)25-10-8-24(9-11-25)12-15-16(18(26)29-2)17(23-19(27)22-15)13-6-4-5-7-14(13)21/h4-7,17H,3,8-12H2,1-2H3,(H2,22,23,27)/t17-/m0/s1. The number of hydrogen-bond donors (Lipinski definition) is 2. The molecule has 3 amide bonds. The summed E-state index contributed by atoms with van der Waals surface area (Å²) in [7, 11) is 1.30. The summed E-state index contributed by atoms with van der Waals surface area (Å²) in [4.78, 5) is 40.6. The Morgan fingerprint density at radius 3 is 2.53 bits per heavy atom. The fraction of sp³-hybridized carbons (Fsp3) is 0.450. The van der Waals surface area contributed by atoms with Crippen molar-refractivity contribution in [1.29, 1.82) is 0 Å². The molecule has 9 nitrogen and oxygen atoms in total. The number of hydrogen-bond acceptors (Lipinski definition) is 6. The average Bonchev–Trinajstić information content (AvgIpc) is 2.74. The number of halogens is 1. The van der Waals surface area contributed by atoms with E-state index in [2.05, 4.69) is 15.5 Å². The van der Waals surface area contributed by atoms with Crippen molar-refractivity contribution in [3.05, 3.63) is 46.1 Å². The second-order valence-corrected chi connectivity index (χ2v) is 7.31. The first kappa shape index (κ1) is 21.9. The van der Waals surface area contributed by atoms with Crippen molar-refractivity contribution in [2.24, 2.45) is 0 Å². The molecule has 2 N–H and O–H groups in total. The van der Waals surface area contributed by atoms with Crippen molar-refractivity contribution in [1.82, 2.24) is 20.4 Å². The topological polar surface area (TPSA) is 100 Å². The maximum atomic E-state index is 12.6. The first-order chi connectivity index (χ1) is 14.4. The quantitative estimate of drug-likeness (QED) is 0.684. The Hall–Kier alpha value is -2.78. The molecule has 0 bridgehead atoms. The molecule has 0 saturated carbocycles. The van der Waals surface area contributed by atoms with E-state index in [1.54, 1.807) is 36.1 Å². The summed E-state index contributed by atoms with van der Waals surface area (Å²) >= 11 is 6.32. The first-order valence-electron chi connectivity index (χ1n) is 9.72. The number of esters is 1. The van der Waals surface area contributed by atoms with Crippen molar-refractivity contribution in [3.63, 3.8) is 0 Å². The van der Waals surface area contributed by atoms with Gasteiger partial charge in [-0.05, 0) is 18.6 Å². The van der Waals surface area contributed by atoms with Crippen molar-refractivity contribution >= 4 is 29.7 Å². The smallest absolute Gasteiger partial charge is 0.409 e. The molecule has 1 aromatic rings. The van der Waals surface area contributed by atoms with Crippen molar-refractivity contribution in [2.75, 3.05) is 46.4 Å². The van der Waals surface area contributed by atoms with E-state index in [0.29, 0.717) is 61.2 Å². The van der Waals surface area contributed by atoms with Crippen LogP contribution < -0.4 is 10.6 Å². The summed E-state index contributed by atoms with van der Waals surface area (Å²) in [6.07, 6.45) is -0.333. The van der Waals surface area contributed by atoms with Crippen LogP contribution in [0.2, 0.25) is 5.02 Å². The molecule has 2 aliphatic heterocycles. The Labute approximate surface area is 179 Å². The number of urea groups is 1. The number of carbonyl (C=O) groups excluding carboxylic acids is 3. The molecule has 1 aromatic carbocycles. The molecule has 3 rings (SSSR count). The first-order valence-corrected chi connectivity index (χ1v) is 10.1. The SMILES string of the molecule is CCOC(=O)N1CCN(CC2=C(C(=O)OC)[C@H](c3ccccc3Cl)NC(=O)N2)CC1. The zero-order valence-electron chi connectivity index (χ0n) is 16.9. The predicted octanol–water partition coefficient (Wildman–Crippen LogP) is 1.90. The van der Waals surface area contributed by atoms with Gasteiger partial charge in [-0.15, -0.1) is 0 Å². The van der Waals surface area contributed by atoms with E-state index < -0.39 is 18.0 Å². The Balaban J connectivity index is 1.83. The number of benzene rings is 1. The zero-order valence-corrected chi connectivity index (χ0v) is 17.7. The van der Waals surface area contributed by atoms with Crippen LogP contribution in [0.25, 0.3) is 0 Å². The second-order valence-electron chi connectivity index (χ2n) is 6.90. The molecule has 1 fully saturated rings. The van der Waals surface area contributed by atoms with Gasteiger partial charge < -0.3 is 25.0 Å². The molecule has 30 heavy (non-hydrogen) atoms. The third-order valence-electron chi connectivity index (χ3n) is 5.06. The number of rotatable bonds is 5. The van der Waals surface area contributed by atoms with E-state index in [9.17, 15) is 14.4 Å². The maximum Gasteiger partial charge on any atom is 0.409 e. The van der Waals surface area contributed by atoms with Gasteiger partial charge in [-0.3, -0.25) is 4.90 Å². The summed E-state index contributed by atoms with van der Waals surface area (Å²) < 4.78 is 10.0. The van der Waals surface area contributed by atoms with Crippen LogP contribution in [0.15, 0.2) is 35.5 Å². The monoisotopic (exact) mass is 436 g/mol. The van der Waals surface area contributed by atoms with Crippen LogP contribution in [0, 0.1) is 0 Å². The van der Waals surface area contributed by atoms with Gasteiger partial charge in [0.05, 0.1) is 25.3 Å². The van der Waals surface area contributed by atoms with Crippen LogP contribution in [-0.2, 0) is 14.3 Å². The van der Waals surface area contributed by atoms with E-state index in [-0.39, 0.29) is 6.09 Å². The van der Waals surface area contributed by atoms with Gasteiger partial charge in [-0.25, -0.2) is 14.4 Å². The third-order valence-corrected chi connectivity index (χ3v) is 5.40. The largest absolute Gasteiger partial charge is 0.466 e. The van der Waals surface area contributed by atoms with Gasteiger partial charge in [0.1, 0.15) is 0 Å². The number of amides is 3. The molecule has 2 aliphatic rings. The molecule has 162 valence electrons. The van der Waals surface area contributed by atoms with Crippen molar-refractivity contribution in [2.45, 2.75) is 13.0 Å². The van der Waals surface area contributed by atoms with E-state index in [4.69, 9.17) is 21.1 Å². The van der Waals surface area contributed by atoms with Crippen LogP contribution in [0.1, 0.15) is 18.5 Å². The van der Waals surface area contributed by atoms with Crippen molar-refractivity contribution < 1.29 is 23.9 Å². The molecule has 0 unspecified atom stereocenters. The fourth-order valence-corrected chi connectivity index (χ4v) is 3.81. The summed E-state index contributed by atoms with van der Waals surface area (Å²) in [5.41, 5.74) is 1.37. The van der Waals surface area contributed by atoms with Gasteiger partial charge in [-0.1, -0.05) is 29.8 Å². The van der Waals surface area contributed by atoms with Gasteiger partial charge in [0.25, 0.3) is 0 Å². The maximum absolute atomic E-state index is 12.6. The van der Waals surface area contributed by atoms with Gasteiger partial charge in [0.2, 0.25) is 0 Å². The number of ether oxygens (including phenoxy) is 2. The molecule has 0 spiro atoms. The number of piperazine rings is 1. The highest BCUT2D eigenvalue weighted by Crippen LogP contribution is 2.32. The highest BCUT2D eigenvalue weighted by atomic mass is 35.5. The van der Waals surface area contributed by atoms with E-state index in [1.807, 2.05) is 0 Å². The van der Waals surface area contributed by atoms with Gasteiger partial charge in [0.15, 0.2) is 0 Å². The minimum absolute atomic E-state index is 0.304. The summed E-state index contributed by atoms with van der Waals surface area (Å²) in [5.74, 6) is -0.549. The normalized spacial score (nSPS) is 19.8. The van der Waals surface area contributed by atoms with E-state index >= 15 is 0 Å². The summed E-state index contributed by atoms with van der Waals surface area (Å²) in [6, 6.07) is 5.88. The molecular formula is C20H25ClN4O5. The second kappa shape index (κ2) is 9.82. The molecule has 0 radical (unpaired) electrons. The number of nitrogens with one attached hydrogen (secondary N) is 2. The predicted molar refractivity (Wildman–Crippen MR) is 110 cm³/mol. The average molecular weight is 437 g/mol. The van der Waals surface area contributed by atoms with E-state index in [1.165, 1.54) is 7.11 Å². The fourth-order valence-electron chi connectivity index (χ4n) is 3.56. The lowest BCUT2D eigenvalue weighted by molar-refractivity contribution is -0.136. The molecule has 0 aromatic heterocycles. The molecule has 1 atom stereocenters. The molecular weight excluding hydrogens is 412 g/mol. The minimum atomic E-state index is -0.726. The molecule has 1 saturated heterocycles. The van der Waals surface area contributed by atoms with E-state index in [0.717, 1.165) is 0 Å². The molecule has 10 heteroatoms. The Morgan fingerprint density at radius 2 is 1.90 bits per heavy atom. The lowest BCUT2D eigenvalue weighted by Crippen LogP contribution is -2.52. The highest BCUT2D eigenvalue weighted by Gasteiger charge is 2.35. The van der Waals surface area contributed by atoms with Crippen molar-refractivity contribution in [3.8, 4) is 0 Å². The zero-order chi connectivity index (χ0) is 21.7. The Kier molecular flexibility index (Phi) is 7.17. The van der Waals surface area contributed by atoms with Gasteiger partial charge in [0, 0.05) is 43.4 Å². The highest BCUT2D eigenvalue weighted by molar-refractivity contribution is 6.31. The van der Waals surface area contributed by atoms with Crippen LogP contribution in [0.4, 0.5) is 9.59 Å². The van der Waals surface area contributed by atoms with Crippen LogP contribution in [-0.4, -0.2) is 74.3 Å². The van der Waals surface area contributed by atoms with Crippen LogP contribution in [0.3, 0.4) is 0 Å². The minimum Gasteiger partial charge on any atom is -0.466 e. The number of methoxy groups -OCH3 is 1. The van der Waals surface area contributed by atoms with Gasteiger partial charge in [-0.2, -0.15) is 0 Å². The molecule has 2 heterocycles.